The first-order valence-corrected chi connectivity index (χ1v) is 5.39. The molecule has 1 fully saturated rings. The SMILES string of the molecule is CN1CCN(CS(=O)(=O)[O-])CC1.[Na+]. The number of hydrogen-bond donors (Lipinski definition) is 0. The molecule has 0 spiro atoms. The Morgan fingerprint density at radius 2 is 1.69 bits per heavy atom. The average molecular weight is 216 g/mol. The second-order valence-electron chi connectivity index (χ2n) is 3.11. The minimum absolute atomic E-state index is 0. The molecule has 1 aliphatic heterocycles. The topological polar surface area (TPSA) is 63.7 Å². The Kier molecular flexibility index (Phi) is 6.01. The second kappa shape index (κ2) is 5.65. The van der Waals surface area contributed by atoms with Gasteiger partial charge in [-0.15, -0.1) is 0 Å². The maximum Gasteiger partial charge on any atom is 1.00 e. The Bertz CT molecular complexity index is 236. The van der Waals surface area contributed by atoms with E-state index >= 15 is 0 Å². The third-order valence-electron chi connectivity index (χ3n) is 1.94. The van der Waals surface area contributed by atoms with Crippen LogP contribution in [-0.4, -0.2) is 61.9 Å². The van der Waals surface area contributed by atoms with Crippen molar-refractivity contribution in [3.05, 3.63) is 0 Å². The van der Waals surface area contributed by atoms with E-state index in [0.29, 0.717) is 13.1 Å². The molecule has 1 aliphatic rings. The molecule has 0 saturated carbocycles. The van der Waals surface area contributed by atoms with Crippen LogP contribution in [0, 0.1) is 0 Å². The van der Waals surface area contributed by atoms with Crippen molar-refractivity contribution < 1.29 is 42.5 Å². The van der Waals surface area contributed by atoms with Crippen LogP contribution in [0.25, 0.3) is 0 Å². The van der Waals surface area contributed by atoms with E-state index in [1.54, 1.807) is 4.90 Å². The van der Waals surface area contributed by atoms with Crippen molar-refractivity contribution in [2.24, 2.45) is 0 Å². The summed E-state index contributed by atoms with van der Waals surface area (Å²) in [6.45, 7) is 2.99. The van der Waals surface area contributed by atoms with Gasteiger partial charge in [0.15, 0.2) is 0 Å². The molecular weight excluding hydrogens is 203 g/mol. The molecule has 0 amide bonds. The predicted molar refractivity (Wildman–Crippen MR) is 43.6 cm³/mol. The molecule has 0 radical (unpaired) electrons. The van der Waals surface area contributed by atoms with Gasteiger partial charge in [0, 0.05) is 26.2 Å². The van der Waals surface area contributed by atoms with Crippen LogP contribution in [0.2, 0.25) is 0 Å². The van der Waals surface area contributed by atoms with Crippen molar-refractivity contribution in [2.45, 2.75) is 0 Å². The van der Waals surface area contributed by atoms with Crippen LogP contribution in [0.1, 0.15) is 0 Å². The predicted octanol–water partition coefficient (Wildman–Crippen LogP) is -4.26. The molecule has 0 N–H and O–H groups in total. The molecular formula is C6H13N2NaO3S. The van der Waals surface area contributed by atoms with Crippen LogP contribution in [0.3, 0.4) is 0 Å². The number of nitrogens with zero attached hydrogens (tertiary/aromatic N) is 2. The quantitative estimate of drug-likeness (QED) is 0.345. The maximum absolute atomic E-state index is 10.4. The van der Waals surface area contributed by atoms with Crippen molar-refractivity contribution >= 4 is 10.1 Å². The van der Waals surface area contributed by atoms with Crippen LogP contribution in [-0.2, 0) is 10.1 Å². The summed E-state index contributed by atoms with van der Waals surface area (Å²) in [5.74, 6) is -0.346. The number of piperazine rings is 1. The van der Waals surface area contributed by atoms with Crippen molar-refractivity contribution in [1.29, 1.82) is 0 Å². The van der Waals surface area contributed by atoms with Gasteiger partial charge in [-0.25, -0.2) is 8.42 Å². The van der Waals surface area contributed by atoms with E-state index in [2.05, 4.69) is 4.90 Å². The van der Waals surface area contributed by atoms with Gasteiger partial charge in [-0.1, -0.05) is 0 Å². The van der Waals surface area contributed by atoms with Gasteiger partial charge >= 0.3 is 29.6 Å². The largest absolute Gasteiger partial charge is 1.00 e. The summed E-state index contributed by atoms with van der Waals surface area (Å²) in [5.41, 5.74) is 0. The molecule has 5 nitrogen and oxygen atoms in total. The third kappa shape index (κ3) is 6.01. The molecule has 0 aromatic heterocycles. The van der Waals surface area contributed by atoms with Gasteiger partial charge in [-0.3, -0.25) is 4.90 Å². The molecule has 1 rings (SSSR count). The minimum Gasteiger partial charge on any atom is -0.747 e. The summed E-state index contributed by atoms with van der Waals surface area (Å²) < 4.78 is 31.1. The molecule has 0 atom stereocenters. The summed E-state index contributed by atoms with van der Waals surface area (Å²) in [6.07, 6.45) is 0. The number of hydrogen-bond acceptors (Lipinski definition) is 5. The monoisotopic (exact) mass is 216 g/mol. The fourth-order valence-corrected chi connectivity index (χ4v) is 1.91. The summed E-state index contributed by atoms with van der Waals surface area (Å²) in [7, 11) is -2.11. The minimum atomic E-state index is -4.08. The first kappa shape index (κ1) is 13.8. The normalized spacial score (nSPS) is 21.1. The zero-order valence-electron chi connectivity index (χ0n) is 8.06. The van der Waals surface area contributed by atoms with E-state index in [1.165, 1.54) is 0 Å². The van der Waals surface area contributed by atoms with Gasteiger partial charge in [0.05, 0.1) is 5.88 Å². The summed E-state index contributed by atoms with van der Waals surface area (Å²) in [5, 5.41) is 0. The molecule has 1 heterocycles. The van der Waals surface area contributed by atoms with Gasteiger partial charge in [0.25, 0.3) is 0 Å². The van der Waals surface area contributed by atoms with Gasteiger partial charge in [-0.05, 0) is 7.05 Å². The summed E-state index contributed by atoms with van der Waals surface area (Å²) in [4.78, 5) is 3.77. The van der Waals surface area contributed by atoms with E-state index in [1.807, 2.05) is 7.05 Å². The van der Waals surface area contributed by atoms with Crippen molar-refractivity contribution in [2.75, 3.05) is 39.1 Å². The molecule has 0 aliphatic carbocycles. The summed E-state index contributed by atoms with van der Waals surface area (Å²) >= 11 is 0. The van der Waals surface area contributed by atoms with Crippen LogP contribution >= 0.6 is 0 Å². The maximum atomic E-state index is 10.4. The zero-order chi connectivity index (χ0) is 9.19. The van der Waals surface area contributed by atoms with Gasteiger partial charge in [0.2, 0.25) is 0 Å². The fourth-order valence-electron chi connectivity index (χ4n) is 1.20. The van der Waals surface area contributed by atoms with Crippen LogP contribution in [0.4, 0.5) is 0 Å². The Hall–Kier alpha value is 0.830. The van der Waals surface area contributed by atoms with Gasteiger partial charge in [0.1, 0.15) is 10.1 Å². The molecule has 7 heteroatoms. The van der Waals surface area contributed by atoms with E-state index in [4.69, 9.17) is 0 Å². The smallest absolute Gasteiger partial charge is 0.747 e. The molecule has 0 aromatic carbocycles. The Morgan fingerprint density at radius 1 is 1.23 bits per heavy atom. The van der Waals surface area contributed by atoms with Crippen molar-refractivity contribution in [3.63, 3.8) is 0 Å². The van der Waals surface area contributed by atoms with E-state index in [0.717, 1.165) is 13.1 Å². The van der Waals surface area contributed by atoms with Gasteiger partial charge in [-0.2, -0.15) is 0 Å². The molecule has 0 aromatic rings. The van der Waals surface area contributed by atoms with Crippen LogP contribution < -0.4 is 29.6 Å². The van der Waals surface area contributed by atoms with E-state index < -0.39 is 10.1 Å². The van der Waals surface area contributed by atoms with Crippen LogP contribution in [0.15, 0.2) is 0 Å². The van der Waals surface area contributed by atoms with Crippen LogP contribution in [0.5, 0.6) is 0 Å². The first-order valence-electron chi connectivity index (χ1n) is 3.82. The molecule has 72 valence electrons. The molecule has 0 unspecified atom stereocenters. The average Bonchev–Trinajstić information content (AvgIpc) is 1.91. The summed E-state index contributed by atoms with van der Waals surface area (Å²) in [6, 6.07) is 0. The van der Waals surface area contributed by atoms with Gasteiger partial charge < -0.3 is 9.45 Å². The Labute approximate surface area is 101 Å². The Morgan fingerprint density at radius 3 is 2.08 bits per heavy atom. The zero-order valence-corrected chi connectivity index (χ0v) is 10.9. The van der Waals surface area contributed by atoms with E-state index in [-0.39, 0.29) is 35.4 Å². The number of likely N-dealkylation sites (N-methyl/N-ethyl adjacent to an activating group) is 1. The third-order valence-corrected chi connectivity index (χ3v) is 2.62. The molecule has 1 saturated heterocycles. The van der Waals surface area contributed by atoms with E-state index in [9.17, 15) is 13.0 Å². The van der Waals surface area contributed by atoms with Crippen molar-refractivity contribution in [3.8, 4) is 0 Å². The standard InChI is InChI=1S/C6H14N2O3S.Na/c1-7-2-4-8(5-3-7)6-12(9,10)11;/h2-6H2,1H3,(H,9,10,11);/q;+1/p-1. The Balaban J connectivity index is 0.00000144. The fraction of sp³-hybridized carbons (Fsp3) is 1.00. The molecule has 13 heavy (non-hydrogen) atoms. The van der Waals surface area contributed by atoms with Crippen molar-refractivity contribution in [1.82, 2.24) is 9.80 Å². The molecule has 0 bridgehead atoms. The second-order valence-corrected chi connectivity index (χ2v) is 4.48. The first-order chi connectivity index (χ1) is 5.47. The number of rotatable bonds is 2.